The zero-order valence-corrected chi connectivity index (χ0v) is 15.3. The molecule has 134 valence electrons. The highest BCUT2D eigenvalue weighted by Gasteiger charge is 2.32. The summed E-state index contributed by atoms with van der Waals surface area (Å²) in [6, 6.07) is 7.51. The van der Waals surface area contributed by atoms with E-state index in [2.05, 4.69) is 27.3 Å². The zero-order valence-electron chi connectivity index (χ0n) is 13.6. The molecule has 1 aromatic rings. The van der Waals surface area contributed by atoms with Gasteiger partial charge in [-0.3, -0.25) is 4.90 Å². The smallest absolute Gasteiger partial charge is 0.414 e. The third kappa shape index (κ3) is 4.36. The number of sulfone groups is 1. The molecule has 1 amide bonds. The van der Waals surface area contributed by atoms with Gasteiger partial charge in [-0.2, -0.15) is 0 Å². The highest BCUT2D eigenvalue weighted by atomic mass is 32.2. The molecule has 0 saturated carbocycles. The van der Waals surface area contributed by atoms with Crippen LogP contribution in [0.4, 0.5) is 16.2 Å². The van der Waals surface area contributed by atoms with Crippen molar-refractivity contribution >= 4 is 44.7 Å². The van der Waals surface area contributed by atoms with Crippen molar-refractivity contribution in [2.45, 2.75) is 12.5 Å². The second-order valence-corrected chi connectivity index (χ2v) is 8.54. The Morgan fingerprint density at radius 2 is 1.92 bits per heavy atom. The quantitative estimate of drug-likeness (QED) is 0.584. The van der Waals surface area contributed by atoms with Gasteiger partial charge in [0.25, 0.3) is 0 Å². The SMILES string of the molecule is O=C1OC(CN=C=S)CN1c1ccc(N2CCCS(=O)(=O)CC2)cc1. The number of hydrogen-bond donors (Lipinski definition) is 0. The average Bonchev–Trinajstić information content (AvgIpc) is 2.86. The molecule has 25 heavy (non-hydrogen) atoms. The molecule has 9 heteroatoms. The van der Waals surface area contributed by atoms with E-state index in [9.17, 15) is 13.2 Å². The minimum atomic E-state index is -2.94. The van der Waals surface area contributed by atoms with Crippen molar-refractivity contribution in [2.75, 3.05) is 47.5 Å². The van der Waals surface area contributed by atoms with E-state index in [4.69, 9.17) is 4.74 Å². The Hall–Kier alpha value is -1.96. The molecule has 2 aliphatic rings. The van der Waals surface area contributed by atoms with E-state index in [0.717, 1.165) is 11.4 Å². The summed E-state index contributed by atoms with van der Waals surface area (Å²) < 4.78 is 28.7. The number of ether oxygens (including phenoxy) is 1. The minimum absolute atomic E-state index is 0.176. The molecule has 0 aromatic heterocycles. The van der Waals surface area contributed by atoms with Crippen molar-refractivity contribution in [3.63, 3.8) is 0 Å². The summed E-state index contributed by atoms with van der Waals surface area (Å²) >= 11 is 4.53. The first-order valence-corrected chi connectivity index (χ1v) is 10.3. The van der Waals surface area contributed by atoms with Crippen molar-refractivity contribution in [2.24, 2.45) is 4.99 Å². The average molecular weight is 381 g/mol. The summed E-state index contributed by atoms with van der Waals surface area (Å²) in [5.74, 6) is 0.419. The zero-order chi connectivity index (χ0) is 17.9. The number of carbonyl (C=O) groups excluding carboxylic acids is 1. The summed E-state index contributed by atoms with van der Waals surface area (Å²) in [6.07, 6.45) is -0.0958. The fourth-order valence-electron chi connectivity index (χ4n) is 3.01. The Morgan fingerprint density at radius 3 is 2.64 bits per heavy atom. The number of cyclic esters (lactones) is 1. The van der Waals surface area contributed by atoms with E-state index in [1.807, 2.05) is 24.3 Å². The van der Waals surface area contributed by atoms with Crippen LogP contribution in [-0.2, 0) is 14.6 Å². The number of aliphatic imine (C=N–C) groups is 1. The van der Waals surface area contributed by atoms with Gasteiger partial charge < -0.3 is 9.64 Å². The maximum atomic E-state index is 12.0. The molecule has 7 nitrogen and oxygen atoms in total. The molecule has 3 rings (SSSR count). The number of isothiocyanates is 1. The molecule has 0 N–H and O–H groups in total. The van der Waals surface area contributed by atoms with Gasteiger partial charge in [0, 0.05) is 24.5 Å². The van der Waals surface area contributed by atoms with Crippen LogP contribution in [-0.4, -0.2) is 63.5 Å². The van der Waals surface area contributed by atoms with Crippen molar-refractivity contribution in [1.82, 2.24) is 0 Å². The van der Waals surface area contributed by atoms with Crippen LogP contribution in [0.5, 0.6) is 0 Å². The first-order chi connectivity index (χ1) is 12.0. The van der Waals surface area contributed by atoms with E-state index in [0.29, 0.717) is 32.6 Å². The van der Waals surface area contributed by atoms with Crippen molar-refractivity contribution in [3.8, 4) is 0 Å². The molecule has 2 aliphatic heterocycles. The highest BCUT2D eigenvalue weighted by Crippen LogP contribution is 2.25. The Labute approximate surface area is 152 Å². The minimum Gasteiger partial charge on any atom is -0.442 e. The lowest BCUT2D eigenvalue weighted by atomic mass is 10.2. The number of nitrogens with zero attached hydrogens (tertiary/aromatic N) is 3. The van der Waals surface area contributed by atoms with Crippen LogP contribution in [0.25, 0.3) is 0 Å². The van der Waals surface area contributed by atoms with Gasteiger partial charge in [0.1, 0.15) is 6.10 Å². The maximum absolute atomic E-state index is 12.0. The lowest BCUT2D eigenvalue weighted by Crippen LogP contribution is -2.27. The van der Waals surface area contributed by atoms with Gasteiger partial charge in [-0.05, 0) is 42.9 Å². The number of amides is 1. The second kappa shape index (κ2) is 7.51. The van der Waals surface area contributed by atoms with Crippen LogP contribution in [0.1, 0.15) is 6.42 Å². The topological polar surface area (TPSA) is 79.3 Å². The molecule has 1 atom stereocenters. The molecule has 1 unspecified atom stereocenters. The molecule has 0 bridgehead atoms. The van der Waals surface area contributed by atoms with E-state index < -0.39 is 15.9 Å². The van der Waals surface area contributed by atoms with Crippen molar-refractivity contribution in [1.29, 1.82) is 0 Å². The monoisotopic (exact) mass is 381 g/mol. The van der Waals surface area contributed by atoms with Gasteiger partial charge in [-0.25, -0.2) is 18.2 Å². The van der Waals surface area contributed by atoms with Gasteiger partial charge in [0.15, 0.2) is 9.84 Å². The summed E-state index contributed by atoms with van der Waals surface area (Å²) in [7, 11) is -2.94. The van der Waals surface area contributed by atoms with E-state index in [1.165, 1.54) is 0 Å². The number of rotatable bonds is 4. The largest absolute Gasteiger partial charge is 0.442 e. The van der Waals surface area contributed by atoms with Crippen LogP contribution >= 0.6 is 12.2 Å². The standard InChI is InChI=1S/C16H19N3O4S2/c20-16-19(11-15(23-16)10-17-12-24)14-4-2-13(3-5-14)18-6-1-8-25(21,22)9-7-18/h2-5,15H,1,6-11H2. The molecule has 0 aliphatic carbocycles. The molecule has 1 aromatic carbocycles. The van der Waals surface area contributed by atoms with Crippen LogP contribution < -0.4 is 9.80 Å². The predicted octanol–water partition coefficient (Wildman–Crippen LogP) is 1.74. The lowest BCUT2D eigenvalue weighted by molar-refractivity contribution is 0.145. The van der Waals surface area contributed by atoms with E-state index >= 15 is 0 Å². The fourth-order valence-corrected chi connectivity index (χ4v) is 4.35. The Balaban J connectivity index is 1.68. The molecular weight excluding hydrogens is 362 g/mol. The summed E-state index contributed by atoms with van der Waals surface area (Å²) in [4.78, 5) is 19.4. The van der Waals surface area contributed by atoms with E-state index in [1.54, 1.807) is 4.90 Å². The fraction of sp³-hybridized carbons (Fsp3) is 0.500. The first-order valence-electron chi connectivity index (χ1n) is 8.06. The second-order valence-electron chi connectivity index (χ2n) is 6.06. The Morgan fingerprint density at radius 1 is 1.20 bits per heavy atom. The highest BCUT2D eigenvalue weighted by molar-refractivity contribution is 7.91. The normalized spacial score (nSPS) is 22.9. The third-order valence-electron chi connectivity index (χ3n) is 4.32. The van der Waals surface area contributed by atoms with Crippen LogP contribution in [0, 0.1) is 0 Å². The van der Waals surface area contributed by atoms with Crippen molar-refractivity contribution < 1.29 is 17.9 Å². The Bertz CT molecular complexity index is 788. The number of benzene rings is 1. The molecule has 0 spiro atoms. The first kappa shape index (κ1) is 17.8. The predicted molar refractivity (Wildman–Crippen MR) is 99.4 cm³/mol. The van der Waals surface area contributed by atoms with Crippen LogP contribution in [0.15, 0.2) is 29.3 Å². The molecular formula is C16H19N3O4S2. The Kier molecular flexibility index (Phi) is 5.36. The van der Waals surface area contributed by atoms with Gasteiger partial charge in [-0.15, -0.1) is 0 Å². The number of thiocarbonyl (C=S) groups is 1. The van der Waals surface area contributed by atoms with Gasteiger partial charge in [-0.1, -0.05) is 0 Å². The summed E-state index contributed by atoms with van der Waals surface area (Å²) in [6.45, 7) is 1.93. The van der Waals surface area contributed by atoms with Crippen LogP contribution in [0.2, 0.25) is 0 Å². The van der Waals surface area contributed by atoms with Gasteiger partial charge in [0.2, 0.25) is 0 Å². The van der Waals surface area contributed by atoms with Crippen molar-refractivity contribution in [3.05, 3.63) is 24.3 Å². The maximum Gasteiger partial charge on any atom is 0.414 e. The molecule has 2 saturated heterocycles. The number of hydrogen-bond acceptors (Lipinski definition) is 7. The molecule has 2 heterocycles. The number of carbonyl (C=O) groups is 1. The molecule has 0 radical (unpaired) electrons. The summed E-state index contributed by atoms with van der Waals surface area (Å²) in [5.41, 5.74) is 1.69. The lowest BCUT2D eigenvalue weighted by Gasteiger charge is -2.23. The molecule has 2 fully saturated rings. The van der Waals surface area contributed by atoms with Gasteiger partial charge in [0.05, 0.1) is 29.8 Å². The van der Waals surface area contributed by atoms with Crippen LogP contribution in [0.3, 0.4) is 0 Å². The third-order valence-corrected chi connectivity index (χ3v) is 6.16. The number of anilines is 2. The van der Waals surface area contributed by atoms with Gasteiger partial charge >= 0.3 is 6.09 Å². The summed E-state index contributed by atoms with van der Waals surface area (Å²) in [5, 5.41) is 2.27. The van der Waals surface area contributed by atoms with E-state index in [-0.39, 0.29) is 17.6 Å².